The molecule has 1 heterocycles. The van der Waals surface area contributed by atoms with E-state index in [9.17, 15) is 0 Å². The summed E-state index contributed by atoms with van der Waals surface area (Å²) in [5.74, 6) is 0. The summed E-state index contributed by atoms with van der Waals surface area (Å²) < 4.78 is 0. The van der Waals surface area contributed by atoms with E-state index in [1.807, 2.05) is 19.2 Å². The van der Waals surface area contributed by atoms with Gasteiger partial charge in [-0.3, -0.25) is 0 Å². The van der Waals surface area contributed by atoms with Crippen molar-refractivity contribution in [1.29, 1.82) is 0 Å². The van der Waals surface area contributed by atoms with Crippen LogP contribution in [0.25, 0.3) is 0 Å². The zero-order chi connectivity index (χ0) is 4.41. The van der Waals surface area contributed by atoms with Crippen LogP contribution >= 0.6 is 0 Å². The molecule has 0 saturated heterocycles. The minimum atomic E-state index is 0. The molecule has 2 heteroatoms. The minimum absolute atomic E-state index is 0. The normalized spacial score (nSPS) is 7.57. The molecule has 0 saturated carbocycles. The largest absolute Gasteiger partial charge is 1.00 e. The number of aryl methyl sites for hydroxylation is 1. The van der Waals surface area contributed by atoms with Gasteiger partial charge in [-0.05, 0) is 0 Å². The van der Waals surface area contributed by atoms with Crippen molar-refractivity contribution in [3.63, 3.8) is 0 Å². The van der Waals surface area contributed by atoms with Gasteiger partial charge in [0.15, 0.2) is 0 Å². The molecule has 1 N–H and O–H groups in total. The number of rotatable bonds is 0. The monoisotopic (exact) mass is 182 g/mol. The number of aromatic nitrogens is 1. The molecule has 1 radical (unpaired) electrons. The van der Waals surface area contributed by atoms with E-state index in [0.717, 1.165) is 5.56 Å². The van der Waals surface area contributed by atoms with Crippen molar-refractivity contribution in [2.24, 2.45) is 0 Å². The molecule has 0 atom stereocenters. The van der Waals surface area contributed by atoms with Crippen LogP contribution in [0.5, 0.6) is 0 Å². The summed E-state index contributed by atoms with van der Waals surface area (Å²) in [4.78, 5) is 2.80. The van der Waals surface area contributed by atoms with Gasteiger partial charge in [0.2, 0.25) is 0 Å². The van der Waals surface area contributed by atoms with Crippen LogP contribution in [0.2, 0.25) is 0 Å². The Morgan fingerprint density at radius 3 is 2.57 bits per heavy atom. The molecule has 0 amide bonds. The van der Waals surface area contributed by atoms with Crippen molar-refractivity contribution in [3.8, 4) is 0 Å². The maximum atomic E-state index is 2.88. The zero-order valence-corrected chi connectivity index (χ0v) is 5.75. The van der Waals surface area contributed by atoms with Crippen LogP contribution in [-0.2, 0) is 19.5 Å². The first-order chi connectivity index (χ1) is 2.89. The quantitative estimate of drug-likeness (QED) is 0.456. The number of hydrogen-bond donors (Lipinski definition) is 1. The molecule has 0 spiro atoms. The van der Waals surface area contributed by atoms with Gasteiger partial charge in [-0.2, -0.15) is 17.8 Å². The van der Waals surface area contributed by atoms with Crippen molar-refractivity contribution in [2.75, 3.05) is 0 Å². The average molecular weight is 181 g/mol. The third-order valence-corrected chi connectivity index (χ3v) is 0.686. The van der Waals surface area contributed by atoms with Gasteiger partial charge in [0, 0.05) is 0 Å². The summed E-state index contributed by atoms with van der Waals surface area (Å²) in [7, 11) is 0. The van der Waals surface area contributed by atoms with Crippen LogP contribution in [-0.4, -0.2) is 4.98 Å². The maximum Gasteiger partial charge on any atom is 1.00 e. The second-order valence-electron chi connectivity index (χ2n) is 1.29. The smallest absolute Gasteiger partial charge is 0.484 e. The van der Waals surface area contributed by atoms with E-state index in [2.05, 4.69) is 11.2 Å². The molecule has 1 rings (SSSR count). The molecule has 0 fully saturated rings. The van der Waals surface area contributed by atoms with Gasteiger partial charge >= 0.3 is 19.5 Å². The summed E-state index contributed by atoms with van der Waals surface area (Å²) in [6.07, 6.45) is 4.73. The molecule has 0 aliphatic carbocycles. The summed E-state index contributed by atoms with van der Waals surface area (Å²) in [6, 6.07) is 1.97. The van der Waals surface area contributed by atoms with Crippen LogP contribution in [0.4, 0.5) is 0 Å². The van der Waals surface area contributed by atoms with Crippen LogP contribution < -0.4 is 0 Å². The fraction of sp³-hybridized carbons (Fsp3) is 0.200. The average Bonchev–Trinajstić information content (AvgIpc) is 1.86. The molecule has 1 aromatic rings. The van der Waals surface area contributed by atoms with Crippen molar-refractivity contribution in [3.05, 3.63) is 24.0 Å². The van der Waals surface area contributed by atoms with Crippen molar-refractivity contribution in [1.82, 2.24) is 4.98 Å². The van der Waals surface area contributed by atoms with Crippen molar-refractivity contribution in [2.45, 2.75) is 6.92 Å². The van der Waals surface area contributed by atoms with Gasteiger partial charge in [0.05, 0.1) is 0 Å². The number of nitrogens with one attached hydrogen (secondary N) is 1. The molecule has 7 heavy (non-hydrogen) atoms. The molecule has 0 aliphatic rings. The second-order valence-corrected chi connectivity index (χ2v) is 1.29. The number of aromatic amines is 1. The van der Waals surface area contributed by atoms with E-state index in [0.29, 0.717) is 0 Å². The molecular weight excluding hydrogens is 175 g/mol. The predicted octanol–water partition coefficient (Wildman–Crippen LogP) is 1.12. The first-order valence-corrected chi connectivity index (χ1v) is 1.91. The first-order valence-electron chi connectivity index (χ1n) is 1.91. The van der Waals surface area contributed by atoms with E-state index < -0.39 is 0 Å². The molecule has 1 nitrogen and oxygen atoms in total. The van der Waals surface area contributed by atoms with E-state index >= 15 is 0 Å². The molecule has 0 unspecified atom stereocenters. The molecule has 0 aliphatic heterocycles. The van der Waals surface area contributed by atoms with Crippen molar-refractivity contribution >= 4 is 0 Å². The minimum Gasteiger partial charge on any atom is -0.484 e. The summed E-state index contributed by atoms with van der Waals surface area (Å²) in [5, 5.41) is 0. The third-order valence-electron chi connectivity index (χ3n) is 0.686. The van der Waals surface area contributed by atoms with Crippen molar-refractivity contribution < 1.29 is 19.5 Å². The van der Waals surface area contributed by atoms with Gasteiger partial charge in [-0.25, -0.2) is 0 Å². The fourth-order valence-electron chi connectivity index (χ4n) is 0.364. The standard InChI is InChI=1S/C5H6N.Ru/c1-5-2-3-6-4-5;/h2-3,6H,1H3;/q-1;+1. The Morgan fingerprint density at radius 1 is 1.71 bits per heavy atom. The number of H-pyrrole nitrogens is 1. The Bertz CT molecular complexity index is 112. The second kappa shape index (κ2) is 2.98. The molecule has 0 bridgehead atoms. The molecule has 1 aromatic heterocycles. The SMILES string of the molecule is Cc1[c-][nH]cc1.[Ru+]. The van der Waals surface area contributed by atoms with Gasteiger partial charge in [-0.1, -0.05) is 6.92 Å². The van der Waals surface area contributed by atoms with Crippen LogP contribution in [0.1, 0.15) is 5.56 Å². The number of hydrogen-bond acceptors (Lipinski definition) is 0. The maximum absolute atomic E-state index is 2.88. The Kier molecular flexibility index (Phi) is 2.94. The van der Waals surface area contributed by atoms with Crippen LogP contribution in [0, 0.1) is 13.1 Å². The Labute approximate surface area is 55.9 Å². The van der Waals surface area contributed by atoms with Gasteiger partial charge in [0.25, 0.3) is 0 Å². The van der Waals surface area contributed by atoms with E-state index in [1.165, 1.54) is 0 Å². The van der Waals surface area contributed by atoms with Crippen LogP contribution in [0.3, 0.4) is 0 Å². The topological polar surface area (TPSA) is 15.8 Å². The summed E-state index contributed by atoms with van der Waals surface area (Å²) >= 11 is 0. The van der Waals surface area contributed by atoms with E-state index in [4.69, 9.17) is 0 Å². The fourth-order valence-corrected chi connectivity index (χ4v) is 0.364. The Balaban J connectivity index is 0.000000360. The van der Waals surface area contributed by atoms with E-state index in [-0.39, 0.29) is 19.5 Å². The molecule has 39 valence electrons. The molecular formula is C5H6NRu. The van der Waals surface area contributed by atoms with Crippen LogP contribution in [0.15, 0.2) is 12.3 Å². The summed E-state index contributed by atoms with van der Waals surface area (Å²) in [5.41, 5.74) is 1.16. The Morgan fingerprint density at radius 2 is 2.43 bits per heavy atom. The zero-order valence-electron chi connectivity index (χ0n) is 4.01. The molecule has 0 aromatic carbocycles. The first kappa shape index (κ1) is 6.90. The van der Waals surface area contributed by atoms with Gasteiger partial charge < -0.3 is 4.98 Å². The van der Waals surface area contributed by atoms with Gasteiger partial charge in [-0.15, -0.1) is 6.20 Å². The van der Waals surface area contributed by atoms with E-state index in [1.54, 1.807) is 0 Å². The van der Waals surface area contributed by atoms with Gasteiger partial charge in [0.1, 0.15) is 0 Å². The summed E-state index contributed by atoms with van der Waals surface area (Å²) in [6.45, 7) is 2.00. The Hall–Kier alpha value is -0.0966. The predicted molar refractivity (Wildman–Crippen MR) is 24.4 cm³/mol. The third kappa shape index (κ3) is 1.89.